The highest BCUT2D eigenvalue weighted by Gasteiger charge is 2.32. The van der Waals surface area contributed by atoms with E-state index in [1.165, 1.54) is 25.7 Å². The highest BCUT2D eigenvalue weighted by atomic mass is 32.2. The second-order valence-electron chi connectivity index (χ2n) is 5.17. The summed E-state index contributed by atoms with van der Waals surface area (Å²) in [5, 5.41) is 3.05. The fourth-order valence-corrected chi connectivity index (χ4v) is 3.05. The number of carbonyl (C=O) groups excluding carboxylic acids is 1. The van der Waals surface area contributed by atoms with Gasteiger partial charge in [-0.05, 0) is 43.1 Å². The molecule has 0 aromatic carbocycles. The fraction of sp³-hybridized carbons (Fsp3) is 0.923. The van der Waals surface area contributed by atoms with E-state index in [-0.39, 0.29) is 11.9 Å². The van der Waals surface area contributed by atoms with E-state index < -0.39 is 0 Å². The molecule has 17 heavy (non-hydrogen) atoms. The molecule has 0 aliphatic heterocycles. The average molecular weight is 258 g/mol. The van der Waals surface area contributed by atoms with E-state index >= 15 is 0 Å². The average Bonchev–Trinajstić information content (AvgIpc) is 2.82. The third kappa shape index (κ3) is 4.51. The molecular weight excluding hydrogens is 232 g/mol. The number of hydrogen-bond donors (Lipinski definition) is 2. The summed E-state index contributed by atoms with van der Waals surface area (Å²) in [5.41, 5.74) is 6.20. The fourth-order valence-electron chi connectivity index (χ4n) is 2.56. The Bertz CT molecular complexity index is 240. The van der Waals surface area contributed by atoms with Crippen molar-refractivity contribution in [1.82, 2.24) is 5.32 Å². The highest BCUT2D eigenvalue weighted by Crippen LogP contribution is 2.40. The molecule has 1 rings (SSSR count). The van der Waals surface area contributed by atoms with Gasteiger partial charge in [-0.25, -0.2) is 0 Å². The number of hydrogen-bond acceptors (Lipinski definition) is 3. The molecule has 3 N–H and O–H groups in total. The molecule has 1 aliphatic carbocycles. The summed E-state index contributed by atoms with van der Waals surface area (Å²) in [5.74, 6) is 0.979. The Labute approximate surface area is 109 Å². The Morgan fingerprint density at radius 2 is 2.12 bits per heavy atom. The first-order chi connectivity index (χ1) is 8.13. The molecule has 1 fully saturated rings. The van der Waals surface area contributed by atoms with Crippen LogP contribution in [0.1, 0.15) is 45.4 Å². The number of nitrogens with two attached hydrogens (primary N) is 1. The Morgan fingerprint density at radius 3 is 2.65 bits per heavy atom. The largest absolute Gasteiger partial charge is 0.354 e. The summed E-state index contributed by atoms with van der Waals surface area (Å²) in [4.78, 5) is 11.8. The van der Waals surface area contributed by atoms with Gasteiger partial charge >= 0.3 is 0 Å². The zero-order chi connectivity index (χ0) is 12.7. The molecule has 1 saturated carbocycles. The smallest absolute Gasteiger partial charge is 0.236 e. The SMILES string of the molecule is CCC1(CNC(=O)[C@H](N)CCSC)CCCC1. The first-order valence-electron chi connectivity index (χ1n) is 6.66. The maximum absolute atomic E-state index is 11.8. The summed E-state index contributed by atoms with van der Waals surface area (Å²) in [6.07, 6.45) is 9.09. The Balaban J connectivity index is 2.31. The molecular formula is C13H26N2OS. The predicted octanol–water partition coefficient (Wildman–Crippen LogP) is 2.15. The van der Waals surface area contributed by atoms with Crippen LogP contribution in [0.5, 0.6) is 0 Å². The number of rotatable bonds is 7. The van der Waals surface area contributed by atoms with E-state index in [2.05, 4.69) is 12.2 Å². The minimum absolute atomic E-state index is 0.0266. The molecule has 3 nitrogen and oxygen atoms in total. The van der Waals surface area contributed by atoms with Crippen LogP contribution in [0.2, 0.25) is 0 Å². The van der Waals surface area contributed by atoms with E-state index in [9.17, 15) is 4.79 Å². The van der Waals surface area contributed by atoms with Crippen molar-refractivity contribution in [3.8, 4) is 0 Å². The van der Waals surface area contributed by atoms with Crippen molar-refractivity contribution >= 4 is 17.7 Å². The standard InChI is InChI=1S/C13H26N2OS/c1-3-13(7-4-5-8-13)10-15-12(16)11(14)6-9-17-2/h11H,3-10,14H2,1-2H3,(H,15,16)/t11-/m1/s1. The van der Waals surface area contributed by atoms with E-state index in [1.54, 1.807) is 11.8 Å². The number of thioether (sulfide) groups is 1. The van der Waals surface area contributed by atoms with Gasteiger partial charge in [0.1, 0.15) is 0 Å². The molecule has 1 aliphatic rings. The van der Waals surface area contributed by atoms with E-state index in [0.717, 1.165) is 25.1 Å². The molecule has 1 atom stereocenters. The van der Waals surface area contributed by atoms with E-state index in [1.807, 2.05) is 6.26 Å². The maximum Gasteiger partial charge on any atom is 0.236 e. The second kappa shape index (κ2) is 7.27. The second-order valence-corrected chi connectivity index (χ2v) is 6.15. The van der Waals surface area contributed by atoms with Crippen LogP contribution in [0, 0.1) is 5.41 Å². The quantitative estimate of drug-likeness (QED) is 0.736. The van der Waals surface area contributed by atoms with Crippen LogP contribution in [0.25, 0.3) is 0 Å². The summed E-state index contributed by atoms with van der Waals surface area (Å²) in [6, 6.07) is -0.335. The lowest BCUT2D eigenvalue weighted by Crippen LogP contribution is -2.45. The van der Waals surface area contributed by atoms with E-state index in [0.29, 0.717) is 5.41 Å². The lowest BCUT2D eigenvalue weighted by Gasteiger charge is -2.28. The number of carbonyl (C=O) groups is 1. The van der Waals surface area contributed by atoms with Gasteiger partial charge in [0.05, 0.1) is 6.04 Å². The lowest BCUT2D eigenvalue weighted by molar-refractivity contribution is -0.122. The van der Waals surface area contributed by atoms with Crippen LogP contribution in [-0.4, -0.2) is 30.5 Å². The number of nitrogens with one attached hydrogen (secondary N) is 1. The van der Waals surface area contributed by atoms with Crippen molar-refractivity contribution < 1.29 is 4.79 Å². The van der Waals surface area contributed by atoms with Crippen LogP contribution in [0.4, 0.5) is 0 Å². The summed E-state index contributed by atoms with van der Waals surface area (Å²) >= 11 is 1.73. The van der Waals surface area contributed by atoms with Crippen molar-refractivity contribution in [2.45, 2.75) is 51.5 Å². The van der Waals surface area contributed by atoms with Crippen LogP contribution in [0.15, 0.2) is 0 Å². The molecule has 0 bridgehead atoms. The Kier molecular flexibility index (Phi) is 6.34. The van der Waals surface area contributed by atoms with Gasteiger partial charge in [0.15, 0.2) is 0 Å². The van der Waals surface area contributed by atoms with Gasteiger partial charge in [0.2, 0.25) is 5.91 Å². The van der Waals surface area contributed by atoms with Crippen LogP contribution < -0.4 is 11.1 Å². The third-order valence-electron chi connectivity index (χ3n) is 4.02. The molecule has 0 saturated heterocycles. The van der Waals surface area contributed by atoms with Crippen molar-refractivity contribution in [3.63, 3.8) is 0 Å². The molecule has 0 aromatic heterocycles. The van der Waals surface area contributed by atoms with Gasteiger partial charge in [-0.15, -0.1) is 0 Å². The summed E-state index contributed by atoms with van der Waals surface area (Å²) in [7, 11) is 0. The minimum Gasteiger partial charge on any atom is -0.354 e. The van der Waals surface area contributed by atoms with Crippen LogP contribution in [0.3, 0.4) is 0 Å². The maximum atomic E-state index is 11.8. The van der Waals surface area contributed by atoms with Gasteiger partial charge in [-0.1, -0.05) is 19.8 Å². The van der Waals surface area contributed by atoms with Gasteiger partial charge in [0, 0.05) is 6.54 Å². The molecule has 0 heterocycles. The monoisotopic (exact) mass is 258 g/mol. The molecule has 0 aromatic rings. The van der Waals surface area contributed by atoms with Crippen molar-refractivity contribution in [1.29, 1.82) is 0 Å². The molecule has 4 heteroatoms. The van der Waals surface area contributed by atoms with Crippen molar-refractivity contribution in [3.05, 3.63) is 0 Å². The molecule has 1 amide bonds. The lowest BCUT2D eigenvalue weighted by atomic mass is 9.83. The van der Waals surface area contributed by atoms with Gasteiger partial charge < -0.3 is 11.1 Å². The van der Waals surface area contributed by atoms with Gasteiger partial charge in [-0.2, -0.15) is 11.8 Å². The Hall–Kier alpha value is -0.220. The van der Waals surface area contributed by atoms with Crippen molar-refractivity contribution in [2.24, 2.45) is 11.1 Å². The Morgan fingerprint density at radius 1 is 1.47 bits per heavy atom. The zero-order valence-corrected chi connectivity index (χ0v) is 11.9. The highest BCUT2D eigenvalue weighted by molar-refractivity contribution is 7.98. The molecule has 0 radical (unpaired) electrons. The molecule has 0 spiro atoms. The molecule has 0 unspecified atom stereocenters. The predicted molar refractivity (Wildman–Crippen MR) is 75.2 cm³/mol. The first-order valence-corrected chi connectivity index (χ1v) is 8.05. The van der Waals surface area contributed by atoms with Crippen LogP contribution in [-0.2, 0) is 4.79 Å². The third-order valence-corrected chi connectivity index (χ3v) is 4.67. The van der Waals surface area contributed by atoms with Gasteiger partial charge in [-0.3, -0.25) is 4.79 Å². The topological polar surface area (TPSA) is 55.1 Å². The normalized spacial score (nSPS) is 20.2. The molecule has 100 valence electrons. The summed E-state index contributed by atoms with van der Waals surface area (Å²) in [6.45, 7) is 3.04. The number of amides is 1. The minimum atomic E-state index is -0.335. The van der Waals surface area contributed by atoms with Crippen molar-refractivity contribution in [2.75, 3.05) is 18.6 Å². The van der Waals surface area contributed by atoms with Gasteiger partial charge in [0.25, 0.3) is 0 Å². The first kappa shape index (κ1) is 14.8. The van der Waals surface area contributed by atoms with E-state index in [4.69, 9.17) is 5.73 Å². The zero-order valence-electron chi connectivity index (χ0n) is 11.1. The van der Waals surface area contributed by atoms with Crippen LogP contribution >= 0.6 is 11.8 Å². The summed E-state index contributed by atoms with van der Waals surface area (Å²) < 4.78 is 0.